The van der Waals surface area contributed by atoms with Crippen LogP contribution in [0.5, 0.6) is 0 Å². The fourth-order valence-electron chi connectivity index (χ4n) is 2.29. The molecule has 1 atom stereocenters. The molecule has 0 aliphatic carbocycles. The minimum absolute atomic E-state index is 0.0533. The molecule has 18 heavy (non-hydrogen) atoms. The van der Waals surface area contributed by atoms with Crippen LogP contribution in [0.15, 0.2) is 48.5 Å². The van der Waals surface area contributed by atoms with Crippen molar-refractivity contribution in [1.29, 1.82) is 0 Å². The van der Waals surface area contributed by atoms with Crippen LogP contribution in [-0.4, -0.2) is 0 Å². The molecule has 0 bridgehead atoms. The summed E-state index contributed by atoms with van der Waals surface area (Å²) in [5.41, 5.74) is 5.19. The minimum Gasteiger partial charge on any atom is -0.113 e. The van der Waals surface area contributed by atoms with E-state index in [2.05, 4.69) is 44.2 Å². The van der Waals surface area contributed by atoms with Crippen molar-refractivity contribution in [3.05, 3.63) is 70.8 Å². The van der Waals surface area contributed by atoms with E-state index in [1.54, 1.807) is 0 Å². The monoisotopic (exact) mass is 258 g/mol. The lowest BCUT2D eigenvalue weighted by molar-refractivity contribution is 1.02. The first-order chi connectivity index (χ1) is 8.76. The van der Waals surface area contributed by atoms with E-state index in [1.807, 2.05) is 18.2 Å². The van der Waals surface area contributed by atoms with Gasteiger partial charge in [-0.3, -0.25) is 0 Å². The maximum Gasteiger partial charge on any atom is 0.0835 e. The molecule has 0 radical (unpaired) electrons. The summed E-state index contributed by atoms with van der Waals surface area (Å²) >= 11 is 6.56. The number of benzene rings is 2. The second kappa shape index (κ2) is 6.06. The fourth-order valence-corrected chi connectivity index (χ4v) is 2.57. The molecule has 94 valence electrons. The second-order valence-electron chi connectivity index (χ2n) is 4.51. The van der Waals surface area contributed by atoms with Gasteiger partial charge < -0.3 is 0 Å². The molecule has 0 aliphatic rings. The summed E-state index contributed by atoms with van der Waals surface area (Å²) in [6.45, 7) is 4.40. The van der Waals surface area contributed by atoms with Crippen LogP contribution >= 0.6 is 11.6 Å². The van der Waals surface area contributed by atoms with Crippen LogP contribution < -0.4 is 0 Å². The van der Waals surface area contributed by atoms with Crippen molar-refractivity contribution in [2.75, 3.05) is 0 Å². The summed E-state index contributed by atoms with van der Waals surface area (Å²) in [6.07, 6.45) is 2.15. The van der Waals surface area contributed by atoms with Gasteiger partial charge >= 0.3 is 0 Å². The van der Waals surface area contributed by atoms with Gasteiger partial charge in [0.15, 0.2) is 0 Å². The Morgan fingerprint density at radius 2 is 1.50 bits per heavy atom. The largest absolute Gasteiger partial charge is 0.113 e. The van der Waals surface area contributed by atoms with Crippen molar-refractivity contribution >= 4 is 11.6 Å². The van der Waals surface area contributed by atoms with E-state index in [1.165, 1.54) is 16.7 Å². The highest BCUT2D eigenvalue weighted by Crippen LogP contribution is 2.30. The molecule has 2 aromatic carbocycles. The maximum absolute atomic E-state index is 6.56. The van der Waals surface area contributed by atoms with Gasteiger partial charge in [0.2, 0.25) is 0 Å². The lowest BCUT2D eigenvalue weighted by Gasteiger charge is -2.14. The molecule has 0 N–H and O–H groups in total. The Kier molecular flexibility index (Phi) is 4.43. The van der Waals surface area contributed by atoms with Crippen molar-refractivity contribution < 1.29 is 0 Å². The lowest BCUT2D eigenvalue weighted by Crippen LogP contribution is -1.97. The Hall–Kier alpha value is -1.27. The smallest absolute Gasteiger partial charge is 0.0835 e. The highest BCUT2D eigenvalue weighted by molar-refractivity contribution is 6.22. The van der Waals surface area contributed by atoms with Gasteiger partial charge in [0, 0.05) is 0 Å². The number of hydrogen-bond donors (Lipinski definition) is 0. The predicted molar refractivity (Wildman–Crippen MR) is 79.3 cm³/mol. The molecule has 1 heteroatoms. The van der Waals surface area contributed by atoms with Crippen molar-refractivity contribution in [3.63, 3.8) is 0 Å². The Bertz CT molecular complexity index is 502. The molecule has 1 unspecified atom stereocenters. The number of rotatable bonds is 4. The topological polar surface area (TPSA) is 0 Å². The van der Waals surface area contributed by atoms with E-state index in [4.69, 9.17) is 11.6 Å². The van der Waals surface area contributed by atoms with Crippen molar-refractivity contribution in [2.24, 2.45) is 0 Å². The van der Waals surface area contributed by atoms with E-state index in [0.29, 0.717) is 0 Å². The summed E-state index contributed by atoms with van der Waals surface area (Å²) < 4.78 is 0. The SMILES string of the molecule is CCc1ccc(C(Cl)c2ccccc2)cc1CC. The third-order valence-electron chi connectivity index (χ3n) is 3.38. The molecule has 0 saturated heterocycles. The molecular weight excluding hydrogens is 240 g/mol. The molecule has 0 saturated carbocycles. The van der Waals surface area contributed by atoms with Crippen LogP contribution in [0, 0.1) is 0 Å². The molecule has 0 fully saturated rings. The van der Waals surface area contributed by atoms with Crippen LogP contribution in [0.2, 0.25) is 0 Å². The van der Waals surface area contributed by atoms with Gasteiger partial charge in [-0.25, -0.2) is 0 Å². The first-order valence-electron chi connectivity index (χ1n) is 6.57. The molecule has 2 rings (SSSR count). The normalized spacial score (nSPS) is 12.4. The van der Waals surface area contributed by atoms with Crippen LogP contribution in [0.25, 0.3) is 0 Å². The van der Waals surface area contributed by atoms with Crippen molar-refractivity contribution in [3.8, 4) is 0 Å². The standard InChI is InChI=1S/C17H19Cl/c1-3-13-10-11-16(12-14(13)4-2)17(18)15-8-6-5-7-9-15/h5-12,17H,3-4H2,1-2H3. The van der Waals surface area contributed by atoms with E-state index < -0.39 is 0 Å². The maximum atomic E-state index is 6.56. The summed E-state index contributed by atoms with van der Waals surface area (Å²) in [7, 11) is 0. The van der Waals surface area contributed by atoms with Gasteiger partial charge in [0.05, 0.1) is 5.38 Å². The number of alkyl halides is 1. The summed E-state index contributed by atoms with van der Waals surface area (Å²) in [5.74, 6) is 0. The molecule has 0 aliphatic heterocycles. The van der Waals surface area contributed by atoms with Crippen molar-refractivity contribution in [2.45, 2.75) is 32.1 Å². The third-order valence-corrected chi connectivity index (χ3v) is 3.88. The van der Waals surface area contributed by atoms with Gasteiger partial charge in [0.25, 0.3) is 0 Å². The summed E-state index contributed by atoms with van der Waals surface area (Å²) in [6, 6.07) is 16.9. The van der Waals surface area contributed by atoms with Crippen molar-refractivity contribution in [1.82, 2.24) is 0 Å². The van der Waals surface area contributed by atoms with E-state index in [9.17, 15) is 0 Å². The Labute approximate surface area is 115 Å². The molecule has 0 amide bonds. The zero-order valence-corrected chi connectivity index (χ0v) is 11.7. The van der Waals surface area contributed by atoms with Gasteiger partial charge in [-0.05, 0) is 35.1 Å². The molecule has 0 spiro atoms. The molecule has 2 aromatic rings. The minimum atomic E-state index is -0.0533. The van der Waals surface area contributed by atoms with Crippen LogP contribution in [0.3, 0.4) is 0 Å². The average Bonchev–Trinajstić information content (AvgIpc) is 2.46. The molecule has 0 nitrogen and oxygen atoms in total. The van der Waals surface area contributed by atoms with Crippen LogP contribution in [0.1, 0.15) is 41.5 Å². The Morgan fingerprint density at radius 3 is 2.11 bits per heavy atom. The van der Waals surface area contributed by atoms with E-state index in [0.717, 1.165) is 18.4 Å². The molecule has 0 heterocycles. The number of halogens is 1. The predicted octanol–water partition coefficient (Wildman–Crippen LogP) is 5.14. The molecular formula is C17H19Cl. The van der Waals surface area contributed by atoms with E-state index >= 15 is 0 Å². The van der Waals surface area contributed by atoms with Crippen LogP contribution in [0.4, 0.5) is 0 Å². The first-order valence-corrected chi connectivity index (χ1v) is 7.00. The zero-order valence-electron chi connectivity index (χ0n) is 11.0. The van der Waals surface area contributed by atoms with E-state index in [-0.39, 0.29) is 5.38 Å². The number of hydrogen-bond acceptors (Lipinski definition) is 0. The average molecular weight is 259 g/mol. The summed E-state index contributed by atoms with van der Waals surface area (Å²) in [4.78, 5) is 0. The third kappa shape index (κ3) is 2.76. The first kappa shape index (κ1) is 13.2. The Morgan fingerprint density at radius 1 is 0.833 bits per heavy atom. The van der Waals surface area contributed by atoms with Crippen LogP contribution in [-0.2, 0) is 12.8 Å². The highest BCUT2D eigenvalue weighted by Gasteiger charge is 2.11. The summed E-state index contributed by atoms with van der Waals surface area (Å²) in [5, 5.41) is -0.0533. The van der Waals surface area contributed by atoms with Gasteiger partial charge in [-0.15, -0.1) is 11.6 Å². The van der Waals surface area contributed by atoms with Gasteiger partial charge in [0.1, 0.15) is 0 Å². The molecule has 0 aromatic heterocycles. The second-order valence-corrected chi connectivity index (χ2v) is 4.94. The fraction of sp³-hybridized carbons (Fsp3) is 0.294. The quantitative estimate of drug-likeness (QED) is 0.666. The highest BCUT2D eigenvalue weighted by atomic mass is 35.5. The zero-order chi connectivity index (χ0) is 13.0. The van der Waals surface area contributed by atoms with Gasteiger partial charge in [-0.2, -0.15) is 0 Å². The Balaban J connectivity index is 2.34. The lowest BCUT2D eigenvalue weighted by atomic mass is 9.96. The number of aryl methyl sites for hydroxylation is 2. The van der Waals surface area contributed by atoms with Gasteiger partial charge in [-0.1, -0.05) is 62.4 Å².